The maximum absolute atomic E-state index is 11.9. The van der Waals surface area contributed by atoms with Gasteiger partial charge in [0.2, 0.25) is 0 Å². The molecule has 122 valence electrons. The van der Waals surface area contributed by atoms with Gasteiger partial charge in [0, 0.05) is 0 Å². The van der Waals surface area contributed by atoms with Crippen LogP contribution in [0.15, 0.2) is 12.5 Å². The van der Waals surface area contributed by atoms with Gasteiger partial charge in [-0.05, 0) is 13.8 Å². The highest BCUT2D eigenvalue weighted by Gasteiger charge is 2.57. The molecule has 10 nitrogen and oxygen atoms in total. The first-order valence-electron chi connectivity index (χ1n) is 6.17. The summed E-state index contributed by atoms with van der Waals surface area (Å²) in [6.45, 7) is 2.75. The zero-order chi connectivity index (χ0) is 16.8. The van der Waals surface area contributed by atoms with Crippen LogP contribution >= 0.6 is 0 Å². The van der Waals surface area contributed by atoms with Crippen LogP contribution < -0.4 is 0 Å². The van der Waals surface area contributed by atoms with Crippen LogP contribution in [0.25, 0.3) is 0 Å². The van der Waals surface area contributed by atoms with Crippen LogP contribution in [-0.4, -0.2) is 54.1 Å². The molecule has 10 heteroatoms. The first-order chi connectivity index (χ1) is 10.4. The summed E-state index contributed by atoms with van der Waals surface area (Å²) < 4.78 is 22.8. The van der Waals surface area contributed by atoms with Crippen LogP contribution in [0.1, 0.15) is 13.8 Å². The Balaban J connectivity index is 2.92. The fourth-order valence-corrected chi connectivity index (χ4v) is 1.37. The molecule has 0 atom stereocenters. The quantitative estimate of drug-likeness (QED) is 0.365. The average molecular weight is 318 g/mol. The van der Waals surface area contributed by atoms with Crippen LogP contribution in [0, 0.1) is 0 Å². The van der Waals surface area contributed by atoms with E-state index in [0.717, 1.165) is 12.5 Å². The van der Waals surface area contributed by atoms with Crippen LogP contribution in [0.2, 0.25) is 0 Å². The number of hydrogen-bond acceptors (Lipinski definition) is 9. The molecule has 1 aliphatic rings. The molecule has 0 unspecified atom stereocenters. The zero-order valence-corrected chi connectivity index (χ0v) is 11.8. The molecule has 22 heavy (non-hydrogen) atoms. The lowest BCUT2D eigenvalue weighted by Gasteiger charge is -2.22. The van der Waals surface area contributed by atoms with Crippen molar-refractivity contribution in [1.82, 2.24) is 0 Å². The van der Waals surface area contributed by atoms with Gasteiger partial charge >= 0.3 is 29.7 Å². The Morgan fingerprint density at radius 2 is 1.50 bits per heavy atom. The number of ether oxygens (including phenoxy) is 5. The Kier molecular flexibility index (Phi) is 5.72. The van der Waals surface area contributed by atoms with E-state index in [9.17, 15) is 19.2 Å². The Bertz CT molecular complexity index is 468. The fourth-order valence-electron chi connectivity index (χ4n) is 1.37. The summed E-state index contributed by atoms with van der Waals surface area (Å²) >= 11 is 0. The predicted molar refractivity (Wildman–Crippen MR) is 64.8 cm³/mol. The highest BCUT2D eigenvalue weighted by molar-refractivity contribution is 6.05. The van der Waals surface area contributed by atoms with Gasteiger partial charge in [0.25, 0.3) is 6.10 Å². The minimum Gasteiger partial charge on any atom is -0.475 e. The summed E-state index contributed by atoms with van der Waals surface area (Å²) in [5, 5.41) is 9.01. The Morgan fingerprint density at radius 3 is 1.86 bits per heavy atom. The monoisotopic (exact) mass is 318 g/mol. The minimum absolute atomic E-state index is 0.0923. The first-order valence-corrected chi connectivity index (χ1v) is 6.17. The lowest BCUT2D eigenvalue weighted by molar-refractivity contribution is -0.220. The maximum Gasteiger partial charge on any atom is 0.452 e. The van der Waals surface area contributed by atoms with E-state index in [2.05, 4.69) is 23.7 Å². The van der Waals surface area contributed by atoms with Crippen molar-refractivity contribution >= 4 is 23.9 Å². The van der Waals surface area contributed by atoms with Gasteiger partial charge in [-0.2, -0.15) is 0 Å². The molecule has 0 aliphatic carbocycles. The van der Waals surface area contributed by atoms with Crippen molar-refractivity contribution in [3.63, 3.8) is 0 Å². The number of aliphatic carboxylic acids is 1. The van der Waals surface area contributed by atoms with Gasteiger partial charge in [-0.1, -0.05) is 0 Å². The molecule has 0 aromatic rings. The van der Waals surface area contributed by atoms with Crippen molar-refractivity contribution in [2.75, 3.05) is 13.2 Å². The second-order valence-corrected chi connectivity index (χ2v) is 3.72. The number of carbonyl (C=O) groups is 4. The molecular weight excluding hydrogens is 304 g/mol. The summed E-state index contributed by atoms with van der Waals surface area (Å²) in [7, 11) is 0. The first kappa shape index (κ1) is 17.3. The SMILES string of the molecule is CCOC(=O)C(OC(=O)C1(C(=O)O)OC=CO1)C(=O)OCC. The largest absolute Gasteiger partial charge is 0.475 e. The molecule has 1 N–H and O–H groups in total. The number of carboxylic acids is 1. The molecule has 0 saturated carbocycles. The van der Waals surface area contributed by atoms with E-state index in [1.54, 1.807) is 0 Å². The van der Waals surface area contributed by atoms with Crippen molar-refractivity contribution in [2.24, 2.45) is 0 Å². The highest BCUT2D eigenvalue weighted by Crippen LogP contribution is 2.23. The molecule has 1 heterocycles. The van der Waals surface area contributed by atoms with Gasteiger partial charge in [-0.3, -0.25) is 0 Å². The molecule has 0 aromatic carbocycles. The van der Waals surface area contributed by atoms with Crippen molar-refractivity contribution in [3.05, 3.63) is 12.5 Å². The lowest BCUT2D eigenvalue weighted by Crippen LogP contribution is -2.52. The number of hydrogen-bond donors (Lipinski definition) is 1. The molecule has 0 amide bonds. The number of esters is 3. The summed E-state index contributed by atoms with van der Waals surface area (Å²) in [5.74, 6) is -8.68. The van der Waals surface area contributed by atoms with E-state index in [1.165, 1.54) is 13.8 Å². The molecule has 1 aliphatic heterocycles. The van der Waals surface area contributed by atoms with Crippen molar-refractivity contribution < 1.29 is 48.0 Å². The van der Waals surface area contributed by atoms with E-state index >= 15 is 0 Å². The van der Waals surface area contributed by atoms with Crippen molar-refractivity contribution in [1.29, 1.82) is 0 Å². The number of carbonyl (C=O) groups excluding carboxylic acids is 3. The average Bonchev–Trinajstić information content (AvgIpc) is 2.95. The zero-order valence-electron chi connectivity index (χ0n) is 11.8. The molecule has 0 radical (unpaired) electrons. The lowest BCUT2D eigenvalue weighted by atomic mass is 10.2. The van der Waals surface area contributed by atoms with Crippen LogP contribution in [0.3, 0.4) is 0 Å². The molecule has 0 bridgehead atoms. The summed E-state index contributed by atoms with van der Waals surface area (Å²) in [4.78, 5) is 46.3. The fraction of sp³-hybridized carbons (Fsp3) is 0.500. The standard InChI is InChI=1S/C12H14O10/c1-3-18-8(13)7(9(14)19-4-2)22-11(17)12(10(15)16)20-5-6-21-12/h5-7H,3-4H2,1-2H3,(H,15,16). The van der Waals surface area contributed by atoms with Gasteiger partial charge in [-0.25, -0.2) is 19.2 Å². The number of rotatable bonds is 7. The predicted octanol–water partition coefficient (Wildman–Crippen LogP) is -0.677. The van der Waals surface area contributed by atoms with Crippen LogP contribution in [0.4, 0.5) is 0 Å². The van der Waals surface area contributed by atoms with E-state index in [0.29, 0.717) is 0 Å². The molecule has 0 fully saturated rings. The van der Waals surface area contributed by atoms with Crippen molar-refractivity contribution in [3.8, 4) is 0 Å². The third-order valence-electron chi connectivity index (χ3n) is 2.30. The molecule has 0 spiro atoms. The third-order valence-corrected chi connectivity index (χ3v) is 2.30. The van der Waals surface area contributed by atoms with Crippen molar-refractivity contribution in [2.45, 2.75) is 25.7 Å². The van der Waals surface area contributed by atoms with E-state index in [-0.39, 0.29) is 13.2 Å². The third kappa shape index (κ3) is 3.45. The molecule has 0 saturated heterocycles. The second kappa shape index (κ2) is 7.29. The molecule has 1 rings (SSSR count). The minimum atomic E-state index is -2.82. The molecular formula is C12H14O10. The second-order valence-electron chi connectivity index (χ2n) is 3.72. The van der Waals surface area contributed by atoms with Gasteiger partial charge in [0.05, 0.1) is 13.2 Å². The molecule has 0 aromatic heterocycles. The van der Waals surface area contributed by atoms with Crippen LogP contribution in [0.5, 0.6) is 0 Å². The maximum atomic E-state index is 11.9. The van der Waals surface area contributed by atoms with E-state index in [1.807, 2.05) is 0 Å². The smallest absolute Gasteiger partial charge is 0.452 e. The van der Waals surface area contributed by atoms with Gasteiger partial charge in [0.15, 0.2) is 0 Å². The number of carboxylic acid groups (broad SMARTS) is 1. The summed E-state index contributed by atoms with van der Waals surface area (Å²) in [5.41, 5.74) is 0. The van der Waals surface area contributed by atoms with E-state index < -0.39 is 35.8 Å². The van der Waals surface area contributed by atoms with Gasteiger partial charge in [-0.15, -0.1) is 0 Å². The Labute approximate surface area is 124 Å². The Morgan fingerprint density at radius 1 is 1.05 bits per heavy atom. The van der Waals surface area contributed by atoms with Gasteiger partial charge in [0.1, 0.15) is 12.5 Å². The topological polar surface area (TPSA) is 135 Å². The normalized spacial score (nSPS) is 14.7. The highest BCUT2D eigenvalue weighted by atomic mass is 16.8. The van der Waals surface area contributed by atoms with Gasteiger partial charge < -0.3 is 28.8 Å². The van der Waals surface area contributed by atoms with Crippen LogP contribution in [-0.2, 0) is 42.9 Å². The Hall–Kier alpha value is -2.78. The summed E-state index contributed by atoms with van der Waals surface area (Å²) in [6, 6.07) is 0. The van der Waals surface area contributed by atoms with E-state index in [4.69, 9.17) is 5.11 Å². The summed E-state index contributed by atoms with van der Waals surface area (Å²) in [6.07, 6.45) is -0.477.